The highest BCUT2D eigenvalue weighted by molar-refractivity contribution is 9.10. The Balaban J connectivity index is 2.47. The normalized spacial score (nSPS) is 12.2. The summed E-state index contributed by atoms with van der Waals surface area (Å²) in [5.74, 6) is 0.900. The molecule has 0 aliphatic heterocycles. The molecule has 2 rings (SSSR count). The van der Waals surface area contributed by atoms with Crippen molar-refractivity contribution in [2.24, 2.45) is 0 Å². The fourth-order valence-electron chi connectivity index (χ4n) is 2.53. The van der Waals surface area contributed by atoms with E-state index in [0.29, 0.717) is 0 Å². The highest BCUT2D eigenvalue weighted by atomic mass is 79.9. The molecule has 0 fully saturated rings. The van der Waals surface area contributed by atoms with Crippen LogP contribution in [0.1, 0.15) is 36.6 Å². The zero-order valence-corrected chi connectivity index (χ0v) is 14.4. The van der Waals surface area contributed by atoms with Gasteiger partial charge in [-0.3, -0.25) is 0 Å². The molecule has 1 atom stereocenters. The van der Waals surface area contributed by atoms with Crippen LogP contribution in [0.3, 0.4) is 0 Å². The number of methoxy groups -OCH3 is 1. The molecule has 0 aliphatic rings. The maximum Gasteiger partial charge on any atom is 0.125 e. The molecule has 0 saturated heterocycles. The quantitative estimate of drug-likeness (QED) is 0.816. The first-order chi connectivity index (χ1) is 10.2. The Kier molecular flexibility index (Phi) is 5.83. The number of hydrogen-bond donors (Lipinski definition) is 1. The number of nitrogens with one attached hydrogen (secondary N) is 1. The van der Waals surface area contributed by atoms with E-state index in [-0.39, 0.29) is 6.04 Å². The second-order valence-corrected chi connectivity index (χ2v) is 5.89. The molecule has 2 aromatic rings. The van der Waals surface area contributed by atoms with Crippen LogP contribution in [0.25, 0.3) is 0 Å². The third-order valence-corrected chi connectivity index (χ3v) is 4.10. The Morgan fingerprint density at radius 2 is 1.95 bits per heavy atom. The minimum Gasteiger partial charge on any atom is -0.496 e. The molecule has 2 nitrogen and oxygen atoms in total. The Hall–Kier alpha value is -1.32. The smallest absolute Gasteiger partial charge is 0.125 e. The van der Waals surface area contributed by atoms with Gasteiger partial charge in [0.15, 0.2) is 0 Å². The Bertz CT molecular complexity index is 598. The van der Waals surface area contributed by atoms with E-state index in [1.165, 1.54) is 11.1 Å². The lowest BCUT2D eigenvalue weighted by molar-refractivity contribution is 0.404. The van der Waals surface area contributed by atoms with Crippen LogP contribution in [0, 0.1) is 0 Å². The molecule has 21 heavy (non-hydrogen) atoms. The van der Waals surface area contributed by atoms with Gasteiger partial charge in [-0.05, 0) is 36.2 Å². The SMILES string of the molecule is CCNC(c1cccc(CC)c1)c1ccc(Br)cc1OC. The monoisotopic (exact) mass is 347 g/mol. The van der Waals surface area contributed by atoms with E-state index in [9.17, 15) is 0 Å². The van der Waals surface area contributed by atoms with Crippen molar-refractivity contribution in [2.45, 2.75) is 26.3 Å². The van der Waals surface area contributed by atoms with E-state index in [1.807, 2.05) is 6.07 Å². The summed E-state index contributed by atoms with van der Waals surface area (Å²) in [6, 6.07) is 15.1. The van der Waals surface area contributed by atoms with Gasteiger partial charge in [-0.15, -0.1) is 0 Å². The summed E-state index contributed by atoms with van der Waals surface area (Å²) in [7, 11) is 1.72. The van der Waals surface area contributed by atoms with Crippen molar-refractivity contribution in [3.8, 4) is 5.75 Å². The molecule has 1 unspecified atom stereocenters. The molecule has 0 aromatic heterocycles. The van der Waals surface area contributed by atoms with Crippen molar-refractivity contribution in [3.05, 3.63) is 63.6 Å². The van der Waals surface area contributed by atoms with Crippen LogP contribution >= 0.6 is 15.9 Å². The molecule has 0 spiro atoms. The topological polar surface area (TPSA) is 21.3 Å². The van der Waals surface area contributed by atoms with Crippen LogP contribution in [-0.4, -0.2) is 13.7 Å². The molecule has 0 bridgehead atoms. The van der Waals surface area contributed by atoms with Gasteiger partial charge in [0.25, 0.3) is 0 Å². The summed E-state index contributed by atoms with van der Waals surface area (Å²) in [5, 5.41) is 3.57. The van der Waals surface area contributed by atoms with Crippen LogP contribution in [0.2, 0.25) is 0 Å². The summed E-state index contributed by atoms with van der Waals surface area (Å²) in [6.45, 7) is 5.21. The molecule has 0 heterocycles. The summed E-state index contributed by atoms with van der Waals surface area (Å²) in [4.78, 5) is 0. The molecule has 2 aromatic carbocycles. The zero-order valence-electron chi connectivity index (χ0n) is 12.8. The third kappa shape index (κ3) is 3.86. The fraction of sp³-hybridized carbons (Fsp3) is 0.333. The van der Waals surface area contributed by atoms with E-state index in [2.05, 4.69) is 71.5 Å². The van der Waals surface area contributed by atoms with Crippen LogP contribution in [0.5, 0.6) is 5.75 Å². The van der Waals surface area contributed by atoms with Gasteiger partial charge in [-0.2, -0.15) is 0 Å². The number of aryl methyl sites for hydroxylation is 1. The van der Waals surface area contributed by atoms with Gasteiger partial charge in [0.1, 0.15) is 5.75 Å². The van der Waals surface area contributed by atoms with Crippen LogP contribution in [0.15, 0.2) is 46.9 Å². The van der Waals surface area contributed by atoms with E-state index in [4.69, 9.17) is 4.74 Å². The minimum absolute atomic E-state index is 0.143. The van der Waals surface area contributed by atoms with Crippen molar-refractivity contribution in [1.29, 1.82) is 0 Å². The van der Waals surface area contributed by atoms with Crippen LogP contribution < -0.4 is 10.1 Å². The Morgan fingerprint density at radius 3 is 2.62 bits per heavy atom. The van der Waals surface area contributed by atoms with Crippen molar-refractivity contribution >= 4 is 15.9 Å². The summed E-state index contributed by atoms with van der Waals surface area (Å²) in [5.41, 5.74) is 3.79. The van der Waals surface area contributed by atoms with Crippen LogP contribution in [0.4, 0.5) is 0 Å². The van der Waals surface area contributed by atoms with Gasteiger partial charge in [0, 0.05) is 10.0 Å². The van der Waals surface area contributed by atoms with E-state index in [1.54, 1.807) is 7.11 Å². The van der Waals surface area contributed by atoms with Crippen molar-refractivity contribution in [2.75, 3.05) is 13.7 Å². The molecule has 0 aliphatic carbocycles. The first-order valence-corrected chi connectivity index (χ1v) is 8.14. The first-order valence-electron chi connectivity index (χ1n) is 7.35. The highest BCUT2D eigenvalue weighted by Crippen LogP contribution is 2.32. The van der Waals surface area contributed by atoms with Crippen molar-refractivity contribution < 1.29 is 4.74 Å². The van der Waals surface area contributed by atoms with E-state index >= 15 is 0 Å². The predicted molar refractivity (Wildman–Crippen MR) is 92.0 cm³/mol. The van der Waals surface area contributed by atoms with Gasteiger partial charge in [-0.25, -0.2) is 0 Å². The summed E-state index contributed by atoms with van der Waals surface area (Å²) in [6.07, 6.45) is 1.05. The van der Waals surface area contributed by atoms with Gasteiger partial charge < -0.3 is 10.1 Å². The molecule has 0 radical (unpaired) electrons. The minimum atomic E-state index is 0.143. The summed E-state index contributed by atoms with van der Waals surface area (Å²) < 4.78 is 6.59. The highest BCUT2D eigenvalue weighted by Gasteiger charge is 2.17. The maximum absolute atomic E-state index is 5.56. The van der Waals surface area contributed by atoms with Gasteiger partial charge in [0.2, 0.25) is 0 Å². The number of halogens is 1. The van der Waals surface area contributed by atoms with Gasteiger partial charge in [-0.1, -0.05) is 60.1 Å². The molecule has 1 N–H and O–H groups in total. The van der Waals surface area contributed by atoms with Crippen molar-refractivity contribution in [1.82, 2.24) is 5.32 Å². The Labute approximate surface area is 135 Å². The second-order valence-electron chi connectivity index (χ2n) is 4.98. The largest absolute Gasteiger partial charge is 0.496 e. The van der Waals surface area contributed by atoms with E-state index in [0.717, 1.165) is 28.8 Å². The lowest BCUT2D eigenvalue weighted by Gasteiger charge is -2.22. The molecule has 3 heteroatoms. The molecule has 0 amide bonds. The Morgan fingerprint density at radius 1 is 1.14 bits per heavy atom. The standard InChI is InChI=1S/C18H22BrNO/c1-4-13-7-6-8-14(11-13)18(20-5-2)16-10-9-15(19)12-17(16)21-3/h6-12,18,20H,4-5H2,1-3H3. The van der Waals surface area contributed by atoms with Gasteiger partial charge >= 0.3 is 0 Å². The first kappa shape index (κ1) is 16.1. The average Bonchev–Trinajstić information content (AvgIpc) is 2.53. The molecule has 112 valence electrons. The number of rotatable bonds is 6. The number of hydrogen-bond acceptors (Lipinski definition) is 2. The fourth-order valence-corrected chi connectivity index (χ4v) is 2.87. The lowest BCUT2D eigenvalue weighted by atomic mass is 9.96. The third-order valence-electron chi connectivity index (χ3n) is 3.61. The lowest BCUT2D eigenvalue weighted by Crippen LogP contribution is -2.22. The summed E-state index contributed by atoms with van der Waals surface area (Å²) >= 11 is 3.50. The molecular weight excluding hydrogens is 326 g/mol. The van der Waals surface area contributed by atoms with Crippen LogP contribution in [-0.2, 0) is 6.42 Å². The molecular formula is C18H22BrNO. The zero-order chi connectivity index (χ0) is 15.2. The second kappa shape index (κ2) is 7.62. The van der Waals surface area contributed by atoms with E-state index < -0.39 is 0 Å². The average molecular weight is 348 g/mol. The molecule has 0 saturated carbocycles. The van der Waals surface area contributed by atoms with Gasteiger partial charge in [0.05, 0.1) is 13.2 Å². The number of benzene rings is 2. The maximum atomic E-state index is 5.56. The number of ether oxygens (including phenoxy) is 1. The predicted octanol–water partition coefficient (Wildman–Crippen LogP) is 4.72. The van der Waals surface area contributed by atoms with Crippen molar-refractivity contribution in [3.63, 3.8) is 0 Å².